The van der Waals surface area contributed by atoms with E-state index in [1.807, 2.05) is 0 Å². The summed E-state index contributed by atoms with van der Waals surface area (Å²) < 4.78 is 0. The molecule has 0 spiro atoms. The molecule has 0 atom stereocenters. The largest absolute Gasteiger partial charge is 0.477 e. The highest BCUT2D eigenvalue weighted by atomic mass is 32.1. The van der Waals surface area contributed by atoms with Gasteiger partial charge in [-0.25, -0.2) is 14.6 Å². The Hall–Kier alpha value is -2.00. The third-order valence-electron chi connectivity index (χ3n) is 2.34. The van der Waals surface area contributed by atoms with Gasteiger partial charge in [-0.3, -0.25) is 4.98 Å². The van der Waals surface area contributed by atoms with E-state index in [0.29, 0.717) is 17.2 Å². The lowest BCUT2D eigenvalue weighted by Crippen LogP contribution is -2.34. The second kappa shape index (κ2) is 6.44. The zero-order valence-corrected chi connectivity index (χ0v) is 12.2. The number of nitrogens with zero attached hydrogens (tertiary/aromatic N) is 2. The zero-order valence-electron chi connectivity index (χ0n) is 10.5. The summed E-state index contributed by atoms with van der Waals surface area (Å²) in [4.78, 5) is 31.6. The molecule has 2 aromatic heterocycles. The van der Waals surface area contributed by atoms with Gasteiger partial charge < -0.3 is 15.7 Å². The summed E-state index contributed by atoms with van der Waals surface area (Å²) >= 11 is 2.52. The number of thiazole rings is 2. The van der Waals surface area contributed by atoms with Crippen LogP contribution in [0.25, 0.3) is 0 Å². The van der Waals surface area contributed by atoms with Gasteiger partial charge in [0.05, 0.1) is 24.3 Å². The topological polar surface area (TPSA) is 104 Å². The maximum Gasteiger partial charge on any atom is 0.347 e. The smallest absolute Gasteiger partial charge is 0.347 e. The molecular weight excluding hydrogens is 300 g/mol. The van der Waals surface area contributed by atoms with Gasteiger partial charge in [-0.1, -0.05) is 0 Å². The predicted molar refractivity (Wildman–Crippen MR) is 75.0 cm³/mol. The summed E-state index contributed by atoms with van der Waals surface area (Å²) in [5, 5.41) is 14.8. The molecule has 0 bridgehead atoms. The second-order valence-corrected chi connectivity index (χ2v) is 5.89. The van der Waals surface area contributed by atoms with Crippen LogP contribution in [0.5, 0.6) is 0 Å². The Bertz CT molecular complexity index is 609. The Morgan fingerprint density at radius 1 is 1.35 bits per heavy atom. The van der Waals surface area contributed by atoms with Crippen molar-refractivity contribution in [2.24, 2.45) is 0 Å². The van der Waals surface area contributed by atoms with E-state index in [4.69, 9.17) is 5.11 Å². The average Bonchev–Trinajstić information content (AvgIpc) is 3.03. The molecule has 9 heteroatoms. The summed E-state index contributed by atoms with van der Waals surface area (Å²) in [5.41, 5.74) is 2.16. The Morgan fingerprint density at radius 3 is 2.70 bits per heavy atom. The molecule has 3 N–H and O–H groups in total. The number of carboxylic acid groups (broad SMARTS) is 1. The van der Waals surface area contributed by atoms with Crippen LogP contribution in [0.15, 0.2) is 11.7 Å². The number of hydrogen-bond acceptors (Lipinski definition) is 6. The van der Waals surface area contributed by atoms with Gasteiger partial charge in [0.15, 0.2) is 0 Å². The molecule has 0 aromatic carbocycles. The highest BCUT2D eigenvalue weighted by molar-refractivity contribution is 7.13. The number of aryl methyl sites for hydroxylation is 1. The van der Waals surface area contributed by atoms with Crippen molar-refractivity contribution >= 4 is 34.7 Å². The van der Waals surface area contributed by atoms with E-state index < -0.39 is 5.97 Å². The summed E-state index contributed by atoms with van der Waals surface area (Å²) in [7, 11) is 0. The number of hydrogen-bond donors (Lipinski definition) is 3. The van der Waals surface area contributed by atoms with Gasteiger partial charge in [0.25, 0.3) is 0 Å². The normalized spacial score (nSPS) is 10.2. The van der Waals surface area contributed by atoms with Crippen molar-refractivity contribution in [3.05, 3.63) is 32.2 Å². The molecule has 0 saturated carbocycles. The Labute approximate surface area is 122 Å². The number of carbonyl (C=O) groups is 2. The summed E-state index contributed by atoms with van der Waals surface area (Å²) in [6.45, 7) is 2.24. The standard InChI is InChI=1S/C11H12N4O3S2/c1-6-9(10(16)17)20-8(15-6)4-14-11(18)13-3-7-2-12-5-19-7/h2,5H,3-4H2,1H3,(H,16,17)(H2,13,14,18). The van der Waals surface area contributed by atoms with E-state index >= 15 is 0 Å². The van der Waals surface area contributed by atoms with Crippen LogP contribution >= 0.6 is 22.7 Å². The van der Waals surface area contributed by atoms with Gasteiger partial charge in [-0.05, 0) is 6.92 Å². The number of aromatic carboxylic acids is 1. The molecule has 2 amide bonds. The fourth-order valence-electron chi connectivity index (χ4n) is 1.44. The monoisotopic (exact) mass is 312 g/mol. The van der Waals surface area contributed by atoms with Gasteiger partial charge in [0.2, 0.25) is 0 Å². The van der Waals surface area contributed by atoms with E-state index in [-0.39, 0.29) is 17.5 Å². The summed E-state index contributed by atoms with van der Waals surface area (Å²) in [5.74, 6) is -0.999. The maximum absolute atomic E-state index is 11.6. The van der Waals surface area contributed by atoms with Gasteiger partial charge in [0.1, 0.15) is 9.88 Å². The van der Waals surface area contributed by atoms with Gasteiger partial charge in [-0.2, -0.15) is 0 Å². The van der Waals surface area contributed by atoms with Crippen LogP contribution in [0, 0.1) is 6.92 Å². The first-order valence-corrected chi connectivity index (χ1v) is 7.34. The van der Waals surface area contributed by atoms with Crippen molar-refractivity contribution in [1.82, 2.24) is 20.6 Å². The van der Waals surface area contributed by atoms with Crippen LogP contribution in [0.2, 0.25) is 0 Å². The minimum atomic E-state index is -0.999. The highest BCUT2D eigenvalue weighted by Crippen LogP contribution is 2.17. The molecule has 0 aliphatic heterocycles. The molecule has 0 fully saturated rings. The van der Waals surface area contributed by atoms with E-state index in [9.17, 15) is 9.59 Å². The third kappa shape index (κ3) is 3.75. The Morgan fingerprint density at radius 2 is 2.10 bits per heavy atom. The van der Waals surface area contributed by atoms with Crippen LogP contribution < -0.4 is 10.6 Å². The van der Waals surface area contributed by atoms with E-state index in [2.05, 4.69) is 20.6 Å². The molecule has 0 saturated heterocycles. The van der Waals surface area contributed by atoms with Crippen molar-refractivity contribution in [2.75, 3.05) is 0 Å². The maximum atomic E-state index is 11.6. The lowest BCUT2D eigenvalue weighted by Gasteiger charge is -2.04. The first-order valence-electron chi connectivity index (χ1n) is 5.65. The molecule has 20 heavy (non-hydrogen) atoms. The molecular formula is C11H12N4O3S2. The van der Waals surface area contributed by atoms with E-state index in [0.717, 1.165) is 16.2 Å². The minimum Gasteiger partial charge on any atom is -0.477 e. The quantitative estimate of drug-likeness (QED) is 0.778. The number of carboxylic acids is 1. The fourth-order valence-corrected chi connectivity index (χ4v) is 2.82. The number of nitrogens with one attached hydrogen (secondary N) is 2. The zero-order chi connectivity index (χ0) is 14.5. The van der Waals surface area contributed by atoms with Crippen LogP contribution in [-0.4, -0.2) is 27.1 Å². The van der Waals surface area contributed by atoms with Crippen molar-refractivity contribution < 1.29 is 14.7 Å². The van der Waals surface area contributed by atoms with Crippen molar-refractivity contribution in [1.29, 1.82) is 0 Å². The summed E-state index contributed by atoms with van der Waals surface area (Å²) in [6.07, 6.45) is 1.69. The molecule has 0 aliphatic carbocycles. The van der Waals surface area contributed by atoms with Crippen LogP contribution in [0.3, 0.4) is 0 Å². The van der Waals surface area contributed by atoms with Crippen LogP contribution in [-0.2, 0) is 13.1 Å². The number of rotatable bonds is 5. The lowest BCUT2D eigenvalue weighted by atomic mass is 10.4. The van der Waals surface area contributed by atoms with E-state index in [1.54, 1.807) is 18.6 Å². The minimum absolute atomic E-state index is 0.201. The summed E-state index contributed by atoms with van der Waals surface area (Å²) in [6, 6.07) is -0.330. The first-order chi connectivity index (χ1) is 9.56. The third-order valence-corrected chi connectivity index (χ3v) is 4.27. The number of urea groups is 1. The lowest BCUT2D eigenvalue weighted by molar-refractivity contribution is 0.0701. The average molecular weight is 312 g/mol. The molecule has 2 aromatic rings. The predicted octanol–water partition coefficient (Wildman–Crippen LogP) is 1.61. The number of amides is 2. The van der Waals surface area contributed by atoms with Crippen molar-refractivity contribution in [2.45, 2.75) is 20.0 Å². The molecule has 0 aliphatic rings. The first kappa shape index (κ1) is 14.4. The van der Waals surface area contributed by atoms with Gasteiger partial charge >= 0.3 is 12.0 Å². The van der Waals surface area contributed by atoms with Gasteiger partial charge in [-0.15, -0.1) is 22.7 Å². The molecule has 106 valence electrons. The van der Waals surface area contributed by atoms with Crippen LogP contribution in [0.4, 0.5) is 4.79 Å². The number of carbonyl (C=O) groups excluding carboxylic acids is 1. The molecule has 0 unspecified atom stereocenters. The fraction of sp³-hybridized carbons (Fsp3) is 0.273. The Kier molecular flexibility index (Phi) is 4.64. The van der Waals surface area contributed by atoms with Crippen molar-refractivity contribution in [3.8, 4) is 0 Å². The molecule has 2 rings (SSSR count). The van der Waals surface area contributed by atoms with E-state index in [1.165, 1.54) is 11.3 Å². The van der Waals surface area contributed by atoms with Gasteiger partial charge in [0, 0.05) is 11.1 Å². The van der Waals surface area contributed by atoms with Crippen molar-refractivity contribution in [3.63, 3.8) is 0 Å². The van der Waals surface area contributed by atoms with Crippen LogP contribution in [0.1, 0.15) is 25.3 Å². The SMILES string of the molecule is Cc1nc(CNC(=O)NCc2cncs2)sc1C(=O)O. The number of aromatic nitrogens is 2. The second-order valence-electron chi connectivity index (χ2n) is 3.83. The Balaban J connectivity index is 1.81. The highest BCUT2D eigenvalue weighted by Gasteiger charge is 2.14. The molecule has 0 radical (unpaired) electrons. The molecule has 2 heterocycles. The molecule has 7 nitrogen and oxygen atoms in total.